The summed E-state index contributed by atoms with van der Waals surface area (Å²) in [5.41, 5.74) is 6.27. The molecule has 2 aromatic heterocycles. The Labute approximate surface area is 115 Å². The van der Waals surface area contributed by atoms with Gasteiger partial charge in [-0.15, -0.1) is 11.3 Å². The van der Waals surface area contributed by atoms with E-state index < -0.39 is 0 Å². The van der Waals surface area contributed by atoms with Crippen molar-refractivity contribution in [3.8, 4) is 11.8 Å². The Kier molecular flexibility index (Phi) is 4.34. The van der Waals surface area contributed by atoms with Crippen LogP contribution in [0.25, 0.3) is 0 Å². The van der Waals surface area contributed by atoms with Crippen LogP contribution in [0.15, 0.2) is 24.5 Å². The van der Waals surface area contributed by atoms with Gasteiger partial charge in [-0.1, -0.05) is 11.8 Å². The van der Waals surface area contributed by atoms with Crippen molar-refractivity contribution in [2.24, 2.45) is 12.8 Å². The molecule has 5 nitrogen and oxygen atoms in total. The summed E-state index contributed by atoms with van der Waals surface area (Å²) in [7, 11) is 1.84. The molecule has 0 atom stereocenters. The van der Waals surface area contributed by atoms with Gasteiger partial charge in [0.05, 0.1) is 22.5 Å². The van der Waals surface area contributed by atoms with Gasteiger partial charge in [-0.3, -0.25) is 9.48 Å². The number of amides is 1. The van der Waals surface area contributed by atoms with E-state index in [2.05, 4.69) is 22.3 Å². The van der Waals surface area contributed by atoms with Gasteiger partial charge in [0, 0.05) is 25.4 Å². The van der Waals surface area contributed by atoms with Gasteiger partial charge < -0.3 is 11.1 Å². The van der Waals surface area contributed by atoms with Crippen molar-refractivity contribution in [1.29, 1.82) is 0 Å². The number of rotatable bonds is 3. The molecule has 2 heterocycles. The fourth-order valence-electron chi connectivity index (χ4n) is 1.50. The second kappa shape index (κ2) is 6.18. The molecule has 0 radical (unpaired) electrons. The average molecular weight is 274 g/mol. The lowest BCUT2D eigenvalue weighted by molar-refractivity contribution is 0.0955. The maximum absolute atomic E-state index is 11.9. The smallest absolute Gasteiger partial charge is 0.261 e. The van der Waals surface area contributed by atoms with Gasteiger partial charge in [-0.25, -0.2) is 0 Å². The molecule has 1 amide bonds. The van der Waals surface area contributed by atoms with Gasteiger partial charge in [-0.2, -0.15) is 5.10 Å². The third-order valence-corrected chi connectivity index (χ3v) is 3.35. The summed E-state index contributed by atoms with van der Waals surface area (Å²) < 4.78 is 1.70. The summed E-state index contributed by atoms with van der Waals surface area (Å²) >= 11 is 1.36. The fraction of sp³-hybridized carbons (Fsp3) is 0.231. The number of carbonyl (C=O) groups is 1. The van der Waals surface area contributed by atoms with Crippen LogP contribution in [-0.2, 0) is 13.6 Å². The molecule has 3 N–H and O–H groups in total. The number of aromatic nitrogens is 2. The maximum Gasteiger partial charge on any atom is 0.261 e. The average Bonchev–Trinajstić information content (AvgIpc) is 3.02. The Hall–Kier alpha value is -2.10. The molecule has 2 aromatic rings. The van der Waals surface area contributed by atoms with Crippen molar-refractivity contribution in [3.05, 3.63) is 39.8 Å². The molecule has 98 valence electrons. The number of nitrogens with two attached hydrogens (primary N) is 1. The largest absolute Gasteiger partial charge is 0.347 e. The minimum Gasteiger partial charge on any atom is -0.347 e. The maximum atomic E-state index is 11.9. The van der Waals surface area contributed by atoms with Crippen molar-refractivity contribution in [2.75, 3.05) is 6.54 Å². The van der Waals surface area contributed by atoms with Crippen molar-refractivity contribution >= 4 is 17.2 Å². The van der Waals surface area contributed by atoms with Crippen LogP contribution < -0.4 is 11.1 Å². The third kappa shape index (κ3) is 3.68. The van der Waals surface area contributed by atoms with Gasteiger partial charge in [0.2, 0.25) is 0 Å². The van der Waals surface area contributed by atoms with E-state index in [0.29, 0.717) is 18.0 Å². The van der Waals surface area contributed by atoms with Gasteiger partial charge in [0.25, 0.3) is 5.91 Å². The SMILES string of the molecule is Cn1cc(CNC(=O)c2ccc(C#CCN)s2)cn1. The molecule has 2 rings (SSSR count). The zero-order chi connectivity index (χ0) is 13.7. The van der Waals surface area contributed by atoms with Crippen LogP contribution in [0.2, 0.25) is 0 Å². The Balaban J connectivity index is 1.94. The number of nitrogens with one attached hydrogen (secondary N) is 1. The number of carbonyl (C=O) groups excluding carboxylic acids is 1. The Morgan fingerprint density at radius 1 is 1.58 bits per heavy atom. The van der Waals surface area contributed by atoms with Crippen molar-refractivity contribution in [2.45, 2.75) is 6.54 Å². The number of hydrogen-bond acceptors (Lipinski definition) is 4. The summed E-state index contributed by atoms with van der Waals surface area (Å²) in [6, 6.07) is 3.59. The predicted molar refractivity (Wildman–Crippen MR) is 74.6 cm³/mol. The molecular formula is C13H14N4OS. The molecule has 19 heavy (non-hydrogen) atoms. The normalized spacial score (nSPS) is 9.79. The first-order chi connectivity index (χ1) is 9.19. The monoisotopic (exact) mass is 274 g/mol. The zero-order valence-corrected chi connectivity index (χ0v) is 11.3. The van der Waals surface area contributed by atoms with E-state index in [4.69, 9.17) is 5.73 Å². The van der Waals surface area contributed by atoms with Gasteiger partial charge in [0.15, 0.2) is 0 Å². The summed E-state index contributed by atoms with van der Waals surface area (Å²) in [6.07, 6.45) is 3.60. The van der Waals surface area contributed by atoms with Crippen LogP contribution in [0.1, 0.15) is 20.1 Å². The highest BCUT2D eigenvalue weighted by Gasteiger charge is 2.08. The molecule has 0 saturated carbocycles. The Morgan fingerprint density at radius 3 is 3.11 bits per heavy atom. The third-order valence-electron chi connectivity index (χ3n) is 2.35. The fourth-order valence-corrected chi connectivity index (χ4v) is 2.30. The Bertz CT molecular complexity index is 632. The number of nitrogens with zero attached hydrogens (tertiary/aromatic N) is 2. The van der Waals surface area contributed by atoms with E-state index in [9.17, 15) is 4.79 Å². The molecule has 0 unspecified atom stereocenters. The Morgan fingerprint density at radius 2 is 2.42 bits per heavy atom. The van der Waals surface area contributed by atoms with Crippen LogP contribution in [0.4, 0.5) is 0 Å². The minimum absolute atomic E-state index is 0.102. The van der Waals surface area contributed by atoms with Crippen LogP contribution in [0.3, 0.4) is 0 Å². The first-order valence-corrected chi connectivity index (χ1v) is 6.55. The quantitative estimate of drug-likeness (QED) is 0.810. The lowest BCUT2D eigenvalue weighted by Crippen LogP contribution is -2.21. The second-order valence-corrected chi connectivity index (χ2v) is 4.96. The van der Waals surface area contributed by atoms with Crippen LogP contribution in [0, 0.1) is 11.8 Å². The molecule has 0 fully saturated rings. The van der Waals surface area contributed by atoms with Gasteiger partial charge in [0.1, 0.15) is 0 Å². The first kappa shape index (κ1) is 13.3. The molecular weight excluding hydrogens is 260 g/mol. The van der Waals surface area contributed by atoms with Crippen LogP contribution in [-0.4, -0.2) is 22.2 Å². The highest BCUT2D eigenvalue weighted by Crippen LogP contribution is 2.15. The highest BCUT2D eigenvalue weighted by atomic mass is 32.1. The molecule has 0 aliphatic carbocycles. The van der Waals surface area contributed by atoms with E-state index >= 15 is 0 Å². The topological polar surface area (TPSA) is 72.9 Å². The van der Waals surface area contributed by atoms with Crippen molar-refractivity contribution < 1.29 is 4.79 Å². The lowest BCUT2D eigenvalue weighted by Gasteiger charge is -2.00. The standard InChI is InChI=1S/C13H14N4OS/c1-17-9-10(8-16-17)7-15-13(18)12-5-4-11(19-12)3-2-6-14/h4-5,8-9H,6-7,14H2,1H3,(H,15,18). The molecule has 6 heteroatoms. The summed E-state index contributed by atoms with van der Waals surface area (Å²) in [5, 5.41) is 6.89. The number of aryl methyl sites for hydroxylation is 1. The summed E-state index contributed by atoms with van der Waals surface area (Å²) in [6.45, 7) is 0.787. The summed E-state index contributed by atoms with van der Waals surface area (Å²) in [4.78, 5) is 13.4. The molecule has 0 aromatic carbocycles. The highest BCUT2D eigenvalue weighted by molar-refractivity contribution is 7.14. The van der Waals surface area contributed by atoms with Crippen molar-refractivity contribution in [3.63, 3.8) is 0 Å². The van der Waals surface area contributed by atoms with E-state index in [1.165, 1.54) is 11.3 Å². The summed E-state index contributed by atoms with van der Waals surface area (Å²) in [5.74, 6) is 5.57. The van der Waals surface area contributed by atoms with E-state index in [1.807, 2.05) is 19.3 Å². The van der Waals surface area contributed by atoms with E-state index in [-0.39, 0.29) is 5.91 Å². The minimum atomic E-state index is -0.102. The number of thiophene rings is 1. The van der Waals surface area contributed by atoms with Crippen LogP contribution >= 0.6 is 11.3 Å². The van der Waals surface area contributed by atoms with Crippen molar-refractivity contribution in [1.82, 2.24) is 15.1 Å². The van der Waals surface area contributed by atoms with Gasteiger partial charge >= 0.3 is 0 Å². The predicted octanol–water partition coefficient (Wildman–Crippen LogP) is 0.722. The van der Waals surface area contributed by atoms with Crippen LogP contribution in [0.5, 0.6) is 0 Å². The zero-order valence-electron chi connectivity index (χ0n) is 10.5. The van der Waals surface area contributed by atoms with E-state index in [0.717, 1.165) is 10.4 Å². The molecule has 0 saturated heterocycles. The first-order valence-electron chi connectivity index (χ1n) is 5.73. The number of hydrogen-bond donors (Lipinski definition) is 2. The molecule has 0 spiro atoms. The van der Waals surface area contributed by atoms with E-state index in [1.54, 1.807) is 16.9 Å². The molecule has 0 aliphatic heterocycles. The van der Waals surface area contributed by atoms with Gasteiger partial charge in [-0.05, 0) is 12.1 Å². The molecule has 0 bridgehead atoms. The molecule has 0 aliphatic rings. The second-order valence-electron chi connectivity index (χ2n) is 3.87. The lowest BCUT2D eigenvalue weighted by atomic mass is 10.3.